The molecule has 0 rings (SSSR count). The molecule has 0 aliphatic heterocycles. The third-order valence-electron chi connectivity index (χ3n) is 6.57. The van der Waals surface area contributed by atoms with Gasteiger partial charge in [-0.2, -0.15) is 0 Å². The first kappa shape index (κ1) is 40.9. The van der Waals surface area contributed by atoms with Crippen molar-refractivity contribution in [3.8, 4) is 0 Å². The van der Waals surface area contributed by atoms with Gasteiger partial charge in [-0.15, -0.1) is 0 Å². The third kappa shape index (κ3) is 29.0. The van der Waals surface area contributed by atoms with Crippen molar-refractivity contribution < 1.29 is 43.0 Å². The zero-order valence-corrected chi connectivity index (χ0v) is 27.4. The molecule has 9 nitrogen and oxygen atoms in total. The Labute approximate surface area is 255 Å². The number of phosphoric acid groups is 1. The molecule has 248 valence electrons. The molecular weight excluding hydrogens is 559 g/mol. The molecule has 0 aromatic carbocycles. The first-order valence-electron chi connectivity index (χ1n) is 16.3. The van der Waals surface area contributed by atoms with Crippen LogP contribution in [0.15, 0.2) is 24.3 Å². The van der Waals surface area contributed by atoms with E-state index in [9.17, 15) is 19.4 Å². The van der Waals surface area contributed by atoms with E-state index in [1.54, 1.807) is 0 Å². The van der Waals surface area contributed by atoms with E-state index in [4.69, 9.17) is 19.1 Å². The molecule has 0 bridgehead atoms. The first-order valence-corrected chi connectivity index (χ1v) is 17.8. The van der Waals surface area contributed by atoms with Crippen molar-refractivity contribution in [1.29, 1.82) is 0 Å². The fourth-order valence-corrected chi connectivity index (χ4v) is 4.85. The maximum Gasteiger partial charge on any atom is 0.472 e. The smallest absolute Gasteiger partial charge is 0.457 e. The Morgan fingerprint density at radius 2 is 1.21 bits per heavy atom. The molecule has 3 atom stereocenters. The van der Waals surface area contributed by atoms with Crippen LogP contribution < -0.4 is 0 Å². The quantitative estimate of drug-likeness (QED) is 0.0311. The van der Waals surface area contributed by atoms with Crippen LogP contribution >= 0.6 is 7.82 Å². The molecule has 0 saturated heterocycles. The topological polar surface area (TPSA) is 132 Å². The van der Waals surface area contributed by atoms with Gasteiger partial charge >= 0.3 is 13.8 Å². The summed E-state index contributed by atoms with van der Waals surface area (Å²) in [5.41, 5.74) is 0. The molecule has 0 amide bonds. The number of unbranched alkanes of at least 4 members (excludes halogenated alkanes) is 13. The lowest BCUT2D eigenvalue weighted by atomic mass is 10.1. The van der Waals surface area contributed by atoms with Gasteiger partial charge < -0.3 is 24.6 Å². The summed E-state index contributed by atoms with van der Waals surface area (Å²) >= 11 is 0. The fraction of sp³-hybridized carbons (Fsp3) is 0.844. The van der Waals surface area contributed by atoms with Crippen molar-refractivity contribution in [2.75, 3.05) is 33.0 Å². The predicted octanol–water partition coefficient (Wildman–Crippen LogP) is 7.58. The second kappa shape index (κ2) is 30.0. The molecule has 0 aromatic rings. The summed E-state index contributed by atoms with van der Waals surface area (Å²) in [6.45, 7) is 3.34. The van der Waals surface area contributed by atoms with Crippen LogP contribution in [0.25, 0.3) is 0 Å². The summed E-state index contributed by atoms with van der Waals surface area (Å²) in [6.07, 6.45) is 25.7. The Balaban J connectivity index is 4.33. The van der Waals surface area contributed by atoms with Gasteiger partial charge in [-0.3, -0.25) is 13.8 Å². The number of carbonyl (C=O) groups is 1. The number of aliphatic hydroxyl groups excluding tert-OH is 2. The Bertz CT molecular complexity index is 714. The molecule has 0 radical (unpaired) electrons. The lowest BCUT2D eigenvalue weighted by Crippen LogP contribution is -2.29. The summed E-state index contributed by atoms with van der Waals surface area (Å²) in [5, 5.41) is 18.2. The molecule has 42 heavy (non-hydrogen) atoms. The van der Waals surface area contributed by atoms with E-state index >= 15 is 0 Å². The zero-order chi connectivity index (χ0) is 31.2. The summed E-state index contributed by atoms with van der Waals surface area (Å²) in [6, 6.07) is 0. The number of allylic oxidation sites excluding steroid dienone is 4. The van der Waals surface area contributed by atoms with Gasteiger partial charge in [-0.05, 0) is 51.4 Å². The first-order chi connectivity index (χ1) is 20.3. The number of rotatable bonds is 31. The van der Waals surface area contributed by atoms with Gasteiger partial charge in [0.05, 0.1) is 26.4 Å². The maximum atomic E-state index is 12.4. The highest BCUT2D eigenvalue weighted by molar-refractivity contribution is 7.47. The summed E-state index contributed by atoms with van der Waals surface area (Å²) in [4.78, 5) is 22.3. The SMILES string of the molecule is CCC/C=C\CCCCCCCCOCC(COP(=O)(O)OCC(O)CO)OC(=O)CCCCCCC/C=C\CCC. The molecule has 0 heterocycles. The van der Waals surface area contributed by atoms with Gasteiger partial charge in [0.25, 0.3) is 0 Å². The average Bonchev–Trinajstić information content (AvgIpc) is 2.97. The number of esters is 1. The van der Waals surface area contributed by atoms with Gasteiger partial charge in [0.2, 0.25) is 0 Å². The molecule has 10 heteroatoms. The molecule has 0 aliphatic rings. The lowest BCUT2D eigenvalue weighted by molar-refractivity contribution is -0.154. The van der Waals surface area contributed by atoms with Gasteiger partial charge in [0.1, 0.15) is 12.2 Å². The van der Waals surface area contributed by atoms with Crippen molar-refractivity contribution in [1.82, 2.24) is 0 Å². The van der Waals surface area contributed by atoms with Crippen molar-refractivity contribution >= 4 is 13.8 Å². The molecule has 3 unspecified atom stereocenters. The van der Waals surface area contributed by atoms with E-state index in [1.807, 2.05) is 0 Å². The van der Waals surface area contributed by atoms with E-state index in [1.165, 1.54) is 32.1 Å². The van der Waals surface area contributed by atoms with Crippen LogP contribution in [0.4, 0.5) is 0 Å². The standard InChI is InChI=1S/C32H61O9P/c1-3-5-7-9-11-13-15-17-19-21-23-25-38-28-31(29-40-42(36,37)39-27-30(34)26-33)41-32(35)24-22-20-18-16-14-12-10-8-6-4-2/h7-10,30-31,33-34H,3-6,11-29H2,1-2H3,(H,36,37)/b9-7-,10-8-. The predicted molar refractivity (Wildman–Crippen MR) is 168 cm³/mol. The molecule has 0 spiro atoms. The molecular formula is C32H61O9P. The Morgan fingerprint density at radius 3 is 1.79 bits per heavy atom. The minimum absolute atomic E-state index is 0.0423. The summed E-state index contributed by atoms with van der Waals surface area (Å²) in [5.74, 6) is -0.399. The highest BCUT2D eigenvalue weighted by Crippen LogP contribution is 2.43. The molecule has 0 aliphatic carbocycles. The monoisotopic (exact) mass is 620 g/mol. The van der Waals surface area contributed by atoms with Crippen LogP contribution in [0, 0.1) is 0 Å². The number of hydrogen-bond donors (Lipinski definition) is 3. The number of carbonyl (C=O) groups excluding carboxylic acids is 1. The zero-order valence-electron chi connectivity index (χ0n) is 26.5. The molecule has 0 saturated carbocycles. The summed E-state index contributed by atoms with van der Waals surface area (Å²) < 4.78 is 33.0. The van der Waals surface area contributed by atoms with Gasteiger partial charge in [0.15, 0.2) is 0 Å². The van der Waals surface area contributed by atoms with Crippen LogP contribution in [0.3, 0.4) is 0 Å². The van der Waals surface area contributed by atoms with Crippen LogP contribution in [0.2, 0.25) is 0 Å². The average molecular weight is 621 g/mol. The maximum absolute atomic E-state index is 12.4. The molecule has 3 N–H and O–H groups in total. The minimum Gasteiger partial charge on any atom is -0.457 e. The van der Waals surface area contributed by atoms with Crippen molar-refractivity contribution in [3.05, 3.63) is 24.3 Å². The molecule has 0 fully saturated rings. The second-order valence-electron chi connectivity index (χ2n) is 10.8. The Hall–Kier alpha value is -1.06. The lowest BCUT2D eigenvalue weighted by Gasteiger charge is -2.20. The van der Waals surface area contributed by atoms with E-state index < -0.39 is 39.2 Å². The fourth-order valence-electron chi connectivity index (χ4n) is 4.06. The van der Waals surface area contributed by atoms with Crippen LogP contribution in [-0.2, 0) is 27.9 Å². The second-order valence-corrected chi connectivity index (χ2v) is 12.3. The van der Waals surface area contributed by atoms with Crippen molar-refractivity contribution in [2.24, 2.45) is 0 Å². The Kier molecular flexibility index (Phi) is 29.2. The van der Waals surface area contributed by atoms with Crippen LogP contribution in [0.5, 0.6) is 0 Å². The van der Waals surface area contributed by atoms with Crippen molar-refractivity contribution in [2.45, 2.75) is 142 Å². The number of aliphatic hydroxyl groups is 2. The number of phosphoric ester groups is 1. The van der Waals surface area contributed by atoms with Gasteiger partial charge in [-0.1, -0.05) is 95.9 Å². The van der Waals surface area contributed by atoms with E-state index in [2.05, 4.69) is 42.7 Å². The molecule has 0 aromatic heterocycles. The van der Waals surface area contributed by atoms with E-state index in [-0.39, 0.29) is 19.6 Å². The Morgan fingerprint density at radius 1 is 0.714 bits per heavy atom. The van der Waals surface area contributed by atoms with Crippen LogP contribution in [-0.4, -0.2) is 66.3 Å². The number of ether oxygens (including phenoxy) is 2. The van der Waals surface area contributed by atoms with Crippen molar-refractivity contribution in [3.63, 3.8) is 0 Å². The largest absolute Gasteiger partial charge is 0.472 e. The van der Waals surface area contributed by atoms with E-state index in [0.717, 1.165) is 70.6 Å². The van der Waals surface area contributed by atoms with Gasteiger partial charge in [-0.25, -0.2) is 4.57 Å². The van der Waals surface area contributed by atoms with Crippen LogP contribution in [0.1, 0.15) is 129 Å². The normalized spacial score (nSPS) is 14.9. The highest BCUT2D eigenvalue weighted by atomic mass is 31.2. The number of hydrogen-bond acceptors (Lipinski definition) is 8. The minimum atomic E-state index is -4.50. The highest BCUT2D eigenvalue weighted by Gasteiger charge is 2.26. The summed E-state index contributed by atoms with van der Waals surface area (Å²) in [7, 11) is -4.50. The van der Waals surface area contributed by atoms with E-state index in [0.29, 0.717) is 13.0 Å². The third-order valence-corrected chi connectivity index (χ3v) is 7.52. The van der Waals surface area contributed by atoms with Gasteiger partial charge in [0, 0.05) is 13.0 Å².